The Hall–Kier alpha value is -2.43. The molecule has 0 saturated carbocycles. The van der Waals surface area contributed by atoms with E-state index in [1.807, 2.05) is 18.2 Å². The number of ether oxygens (including phenoxy) is 2. The number of amides is 1. The number of carbonyl (C=O) groups excluding carboxylic acids is 1. The van der Waals surface area contributed by atoms with Gasteiger partial charge in [-0.3, -0.25) is 4.79 Å². The molecule has 194 valence electrons. The van der Waals surface area contributed by atoms with Crippen molar-refractivity contribution in [1.82, 2.24) is 4.57 Å². The van der Waals surface area contributed by atoms with E-state index in [2.05, 4.69) is 25.3 Å². The molecule has 1 aromatic heterocycles. The summed E-state index contributed by atoms with van der Waals surface area (Å²) in [6.07, 6.45) is 16.1. The molecule has 2 aromatic rings. The van der Waals surface area contributed by atoms with Gasteiger partial charge in [0, 0.05) is 23.5 Å². The Balaban J connectivity index is 1.80. The van der Waals surface area contributed by atoms with E-state index in [9.17, 15) is 4.79 Å². The quantitative estimate of drug-likeness (QED) is 0.251. The molecule has 1 aromatic carbocycles. The molecule has 0 unspecified atom stereocenters. The fraction of sp³-hybridized carbons (Fsp3) is 0.633. The van der Waals surface area contributed by atoms with Crippen LogP contribution in [0.2, 0.25) is 0 Å². The van der Waals surface area contributed by atoms with Crippen molar-refractivity contribution < 1.29 is 14.3 Å². The Morgan fingerprint density at radius 3 is 2.11 bits per heavy atom. The van der Waals surface area contributed by atoms with Gasteiger partial charge in [-0.15, -0.1) is 0 Å². The molecule has 35 heavy (non-hydrogen) atoms. The number of carbonyl (C=O) groups is 1. The van der Waals surface area contributed by atoms with Gasteiger partial charge >= 0.3 is 0 Å². The molecule has 1 amide bonds. The molecule has 0 spiro atoms. The Labute approximate surface area is 212 Å². The summed E-state index contributed by atoms with van der Waals surface area (Å²) in [5.41, 5.74) is 10.8. The summed E-state index contributed by atoms with van der Waals surface area (Å²) >= 11 is 0. The summed E-state index contributed by atoms with van der Waals surface area (Å²) in [7, 11) is 0. The number of nitrogens with two attached hydrogens (primary N) is 1. The first-order chi connectivity index (χ1) is 17.1. The average molecular weight is 483 g/mol. The highest BCUT2D eigenvalue weighted by atomic mass is 16.6. The number of hydrogen-bond acceptors (Lipinski definition) is 3. The van der Waals surface area contributed by atoms with Crippen LogP contribution < -0.4 is 15.2 Å². The maximum atomic E-state index is 12.7. The van der Waals surface area contributed by atoms with E-state index in [0.29, 0.717) is 18.8 Å². The number of rotatable bonds is 16. The summed E-state index contributed by atoms with van der Waals surface area (Å²) in [6, 6.07) is 6.01. The van der Waals surface area contributed by atoms with E-state index in [0.717, 1.165) is 54.1 Å². The lowest BCUT2D eigenvalue weighted by molar-refractivity contribution is 0.1000. The van der Waals surface area contributed by atoms with Gasteiger partial charge in [0.1, 0.15) is 13.2 Å². The molecule has 0 saturated heterocycles. The Bertz CT molecular complexity index is 948. The highest BCUT2D eigenvalue weighted by molar-refractivity contribution is 6.02. The number of benzene rings is 1. The van der Waals surface area contributed by atoms with Gasteiger partial charge in [-0.05, 0) is 43.9 Å². The third-order valence-corrected chi connectivity index (χ3v) is 7.21. The van der Waals surface area contributed by atoms with Crippen LogP contribution in [-0.2, 0) is 13.0 Å². The summed E-state index contributed by atoms with van der Waals surface area (Å²) in [6.45, 7) is 8.59. The first kappa shape index (κ1) is 27.2. The van der Waals surface area contributed by atoms with Gasteiger partial charge in [0.2, 0.25) is 0 Å². The summed E-state index contributed by atoms with van der Waals surface area (Å²) in [5.74, 6) is 1.15. The van der Waals surface area contributed by atoms with Crippen LogP contribution in [0.15, 0.2) is 18.2 Å². The zero-order valence-corrected chi connectivity index (χ0v) is 22.3. The zero-order valence-electron chi connectivity index (χ0n) is 22.3. The lowest BCUT2D eigenvalue weighted by Gasteiger charge is -2.19. The van der Waals surface area contributed by atoms with Gasteiger partial charge < -0.3 is 19.8 Å². The molecule has 0 bridgehead atoms. The smallest absolute Gasteiger partial charge is 0.251 e. The van der Waals surface area contributed by atoms with Crippen LogP contribution in [0.25, 0.3) is 11.1 Å². The molecular weight excluding hydrogens is 436 g/mol. The number of primary amides is 1. The number of fused-ring (bicyclic) bond motifs is 1. The molecule has 0 radical (unpaired) electrons. The normalized spacial score (nSPS) is 12.8. The number of aromatic nitrogens is 1. The predicted molar refractivity (Wildman–Crippen MR) is 145 cm³/mol. The largest absolute Gasteiger partial charge is 0.486 e. The van der Waals surface area contributed by atoms with Crippen molar-refractivity contribution in [2.75, 3.05) is 13.2 Å². The topological polar surface area (TPSA) is 66.5 Å². The van der Waals surface area contributed by atoms with Gasteiger partial charge in [0.25, 0.3) is 5.91 Å². The van der Waals surface area contributed by atoms with Crippen LogP contribution in [0.5, 0.6) is 11.5 Å². The average Bonchev–Trinajstić information content (AvgIpc) is 3.14. The van der Waals surface area contributed by atoms with Crippen molar-refractivity contribution in [3.05, 3.63) is 35.2 Å². The van der Waals surface area contributed by atoms with Crippen LogP contribution in [-0.4, -0.2) is 23.7 Å². The lowest BCUT2D eigenvalue weighted by atomic mass is 9.97. The van der Waals surface area contributed by atoms with Gasteiger partial charge in [0.15, 0.2) is 11.5 Å². The first-order valence-electron chi connectivity index (χ1n) is 14.0. The highest BCUT2D eigenvalue weighted by Crippen LogP contribution is 2.39. The van der Waals surface area contributed by atoms with Crippen molar-refractivity contribution in [3.8, 4) is 22.6 Å². The number of unbranched alkanes of at least 4 members (excludes halogenated alkanes) is 10. The van der Waals surface area contributed by atoms with E-state index in [1.54, 1.807) is 0 Å². The predicted octanol–water partition coefficient (Wildman–Crippen LogP) is 7.60. The Kier molecular flexibility index (Phi) is 11.0. The summed E-state index contributed by atoms with van der Waals surface area (Å²) in [4.78, 5) is 12.7. The van der Waals surface area contributed by atoms with E-state index in [4.69, 9.17) is 15.2 Å². The van der Waals surface area contributed by atoms with Gasteiger partial charge in [-0.1, -0.05) is 84.1 Å². The molecule has 0 fully saturated rings. The zero-order chi connectivity index (χ0) is 25.0. The van der Waals surface area contributed by atoms with Gasteiger partial charge in [-0.2, -0.15) is 0 Å². The Morgan fingerprint density at radius 2 is 1.46 bits per heavy atom. The fourth-order valence-corrected chi connectivity index (χ4v) is 5.29. The van der Waals surface area contributed by atoms with Crippen molar-refractivity contribution in [3.63, 3.8) is 0 Å². The van der Waals surface area contributed by atoms with Crippen LogP contribution in [0.1, 0.15) is 113 Å². The minimum atomic E-state index is -0.352. The number of nitrogens with zero attached hydrogens (tertiary/aromatic N) is 1. The minimum Gasteiger partial charge on any atom is -0.486 e. The second-order valence-electron chi connectivity index (χ2n) is 9.94. The van der Waals surface area contributed by atoms with Crippen molar-refractivity contribution in [2.24, 2.45) is 5.73 Å². The van der Waals surface area contributed by atoms with Crippen LogP contribution in [0, 0.1) is 6.92 Å². The molecule has 1 aliphatic heterocycles. The Morgan fingerprint density at radius 1 is 0.857 bits per heavy atom. The first-order valence-corrected chi connectivity index (χ1v) is 14.0. The minimum absolute atomic E-state index is 0.352. The fourth-order valence-electron chi connectivity index (χ4n) is 5.29. The second kappa shape index (κ2) is 14.2. The monoisotopic (exact) mass is 482 g/mol. The van der Waals surface area contributed by atoms with Crippen LogP contribution in [0.3, 0.4) is 0 Å². The molecule has 1 aliphatic rings. The molecule has 0 atom stereocenters. The summed E-state index contributed by atoms with van der Waals surface area (Å²) < 4.78 is 13.9. The molecule has 2 heterocycles. The van der Waals surface area contributed by atoms with Crippen molar-refractivity contribution >= 4 is 5.91 Å². The van der Waals surface area contributed by atoms with Crippen molar-refractivity contribution in [1.29, 1.82) is 0 Å². The molecule has 5 nitrogen and oxygen atoms in total. The van der Waals surface area contributed by atoms with E-state index in [1.165, 1.54) is 69.9 Å². The lowest BCUT2D eigenvalue weighted by Crippen LogP contribution is -2.15. The van der Waals surface area contributed by atoms with E-state index < -0.39 is 0 Å². The SMILES string of the molecule is CCCCCCCCCCCn1c(C)c(C(N)=O)c(-c2ccc3c(c2)OCCO3)c1CCCCC. The van der Waals surface area contributed by atoms with Crippen LogP contribution in [0.4, 0.5) is 0 Å². The maximum absolute atomic E-state index is 12.7. The third kappa shape index (κ3) is 7.28. The van der Waals surface area contributed by atoms with E-state index in [-0.39, 0.29) is 5.91 Å². The van der Waals surface area contributed by atoms with Crippen LogP contribution >= 0.6 is 0 Å². The molecule has 0 aliphatic carbocycles. The highest BCUT2D eigenvalue weighted by Gasteiger charge is 2.25. The number of hydrogen-bond donors (Lipinski definition) is 1. The molecule has 2 N–H and O–H groups in total. The molecule has 3 rings (SSSR count). The van der Waals surface area contributed by atoms with E-state index >= 15 is 0 Å². The van der Waals surface area contributed by atoms with Gasteiger partial charge in [-0.25, -0.2) is 0 Å². The standard InChI is InChI=1S/C30H46N2O3/c1-4-6-8-9-10-11-12-13-15-19-32-23(3)28(30(31)33)29(25(32)16-14-7-5-2)24-17-18-26-27(22-24)35-21-20-34-26/h17-18,22H,4-16,19-21H2,1-3H3,(H2,31,33). The molecular formula is C30H46N2O3. The van der Waals surface area contributed by atoms with Gasteiger partial charge in [0.05, 0.1) is 5.56 Å². The summed E-state index contributed by atoms with van der Waals surface area (Å²) in [5, 5.41) is 0. The third-order valence-electron chi connectivity index (χ3n) is 7.21. The van der Waals surface area contributed by atoms with Crippen molar-refractivity contribution in [2.45, 2.75) is 111 Å². The second-order valence-corrected chi connectivity index (χ2v) is 9.94. The maximum Gasteiger partial charge on any atom is 0.251 e. The molecule has 5 heteroatoms.